The normalized spacial score (nSPS) is 16.0. The minimum Gasteiger partial charge on any atom is -0.339 e. The molecular weight excluding hydrogens is 296 g/mol. The Morgan fingerprint density at radius 2 is 1.95 bits per heavy atom. The summed E-state index contributed by atoms with van der Waals surface area (Å²) in [4.78, 5) is 16.8. The van der Waals surface area contributed by atoms with Crippen molar-refractivity contribution in [1.82, 2.24) is 9.80 Å². The summed E-state index contributed by atoms with van der Waals surface area (Å²) in [6.45, 7) is 9.39. The molecule has 22 heavy (non-hydrogen) atoms. The van der Waals surface area contributed by atoms with Gasteiger partial charge in [0, 0.05) is 36.3 Å². The molecule has 0 bridgehead atoms. The van der Waals surface area contributed by atoms with E-state index < -0.39 is 0 Å². The lowest BCUT2D eigenvalue weighted by atomic mass is 10.0. The molecule has 0 aromatic heterocycles. The highest BCUT2D eigenvalue weighted by Crippen LogP contribution is 2.20. The average Bonchev–Trinajstić information content (AvgIpc) is 2.54. The molecular formula is C18H25ClN2O. The molecule has 120 valence electrons. The Kier molecular flexibility index (Phi) is 6.47. The molecule has 1 heterocycles. The van der Waals surface area contributed by atoms with Crippen LogP contribution in [0, 0.1) is 0 Å². The summed E-state index contributed by atoms with van der Waals surface area (Å²) >= 11 is 5.99. The van der Waals surface area contributed by atoms with Gasteiger partial charge in [-0.1, -0.05) is 43.3 Å². The van der Waals surface area contributed by atoms with Crippen molar-refractivity contribution in [3.63, 3.8) is 0 Å². The van der Waals surface area contributed by atoms with Crippen LogP contribution in [0.2, 0.25) is 0 Å². The Labute approximate surface area is 138 Å². The molecule has 0 unspecified atom stereocenters. The van der Waals surface area contributed by atoms with Crippen molar-refractivity contribution in [3.05, 3.63) is 47.5 Å². The summed E-state index contributed by atoms with van der Waals surface area (Å²) in [5.41, 5.74) is 0.778. The number of carbonyl (C=O) groups is 1. The number of likely N-dealkylation sites (tertiary alicyclic amines) is 1. The van der Waals surface area contributed by atoms with E-state index in [9.17, 15) is 4.79 Å². The third-order valence-electron chi connectivity index (χ3n) is 4.17. The lowest BCUT2D eigenvalue weighted by molar-refractivity contribution is 0.0631. The lowest BCUT2D eigenvalue weighted by Gasteiger charge is -2.38. The zero-order valence-corrected chi connectivity index (χ0v) is 14.1. The van der Waals surface area contributed by atoms with Gasteiger partial charge in [-0.15, -0.1) is 0 Å². The monoisotopic (exact) mass is 320 g/mol. The van der Waals surface area contributed by atoms with Crippen molar-refractivity contribution >= 4 is 17.5 Å². The zero-order valence-electron chi connectivity index (χ0n) is 13.3. The molecule has 1 amide bonds. The summed E-state index contributed by atoms with van der Waals surface area (Å²) in [6, 6.07) is 10.0. The van der Waals surface area contributed by atoms with Gasteiger partial charge < -0.3 is 4.90 Å². The number of hydrogen-bond donors (Lipinski definition) is 0. The van der Waals surface area contributed by atoms with Gasteiger partial charge in [-0.2, -0.15) is 0 Å². The summed E-state index contributed by atoms with van der Waals surface area (Å²) in [6.07, 6.45) is 3.11. The molecule has 4 heteroatoms. The molecule has 1 aliphatic rings. The van der Waals surface area contributed by atoms with Crippen LogP contribution >= 0.6 is 11.6 Å². The summed E-state index contributed by atoms with van der Waals surface area (Å²) in [5, 5.41) is 0.691. The summed E-state index contributed by atoms with van der Waals surface area (Å²) < 4.78 is 0. The SMILES string of the molecule is C=C(Cl)CN(CCC)C1CCN(C(=O)c2ccccc2)CC1. The lowest BCUT2D eigenvalue weighted by Crippen LogP contribution is -2.47. The van der Waals surface area contributed by atoms with Crippen LogP contribution < -0.4 is 0 Å². The van der Waals surface area contributed by atoms with E-state index in [-0.39, 0.29) is 5.91 Å². The first kappa shape index (κ1) is 17.0. The number of benzene rings is 1. The Hall–Kier alpha value is -1.32. The van der Waals surface area contributed by atoms with Gasteiger partial charge in [-0.3, -0.25) is 9.69 Å². The minimum absolute atomic E-state index is 0.142. The molecule has 1 saturated heterocycles. The van der Waals surface area contributed by atoms with E-state index in [4.69, 9.17) is 11.6 Å². The van der Waals surface area contributed by atoms with Crippen LogP contribution in [-0.4, -0.2) is 47.9 Å². The fourth-order valence-electron chi connectivity index (χ4n) is 3.10. The van der Waals surface area contributed by atoms with Crippen LogP contribution in [0.25, 0.3) is 0 Å². The number of piperidine rings is 1. The second-order valence-electron chi connectivity index (χ2n) is 5.88. The number of halogens is 1. The standard InChI is InChI=1S/C18H25ClN2O/c1-3-11-21(14-15(2)19)17-9-12-20(13-10-17)18(22)16-7-5-4-6-8-16/h4-8,17H,2-3,9-14H2,1H3. The van der Waals surface area contributed by atoms with Crippen LogP contribution in [0.15, 0.2) is 41.9 Å². The fourth-order valence-corrected chi connectivity index (χ4v) is 3.25. The Morgan fingerprint density at radius 1 is 1.32 bits per heavy atom. The molecule has 0 saturated carbocycles. The van der Waals surface area contributed by atoms with Gasteiger partial charge >= 0.3 is 0 Å². The third-order valence-corrected chi connectivity index (χ3v) is 4.29. The molecule has 0 N–H and O–H groups in total. The van der Waals surface area contributed by atoms with Crippen molar-refractivity contribution in [3.8, 4) is 0 Å². The van der Waals surface area contributed by atoms with Crippen LogP contribution in [0.1, 0.15) is 36.5 Å². The number of rotatable bonds is 6. The zero-order chi connectivity index (χ0) is 15.9. The van der Waals surface area contributed by atoms with Crippen LogP contribution in [0.3, 0.4) is 0 Å². The van der Waals surface area contributed by atoms with Gasteiger partial charge in [-0.25, -0.2) is 0 Å². The molecule has 1 aromatic carbocycles. The van der Waals surface area contributed by atoms with E-state index in [0.717, 1.165) is 51.0 Å². The van der Waals surface area contributed by atoms with Gasteiger partial charge in [-0.05, 0) is 37.9 Å². The van der Waals surface area contributed by atoms with Gasteiger partial charge in [0.25, 0.3) is 5.91 Å². The quantitative estimate of drug-likeness (QED) is 0.797. The number of amides is 1. The van der Waals surface area contributed by atoms with Crippen molar-refractivity contribution in [2.45, 2.75) is 32.2 Å². The summed E-state index contributed by atoms with van der Waals surface area (Å²) in [5.74, 6) is 0.142. The molecule has 0 spiro atoms. The molecule has 2 rings (SSSR count). The smallest absolute Gasteiger partial charge is 0.253 e. The molecule has 0 aliphatic carbocycles. The van der Waals surface area contributed by atoms with Crippen LogP contribution in [0.4, 0.5) is 0 Å². The predicted octanol–water partition coefficient (Wildman–Crippen LogP) is 3.76. The molecule has 3 nitrogen and oxygen atoms in total. The molecule has 0 radical (unpaired) electrons. The Morgan fingerprint density at radius 3 is 2.50 bits per heavy atom. The minimum atomic E-state index is 0.142. The van der Waals surface area contributed by atoms with E-state index in [0.29, 0.717) is 11.1 Å². The second kappa shape index (κ2) is 8.35. The van der Waals surface area contributed by atoms with Gasteiger partial charge in [0.15, 0.2) is 0 Å². The summed E-state index contributed by atoms with van der Waals surface area (Å²) in [7, 11) is 0. The maximum absolute atomic E-state index is 12.5. The van der Waals surface area contributed by atoms with Crippen molar-refractivity contribution in [1.29, 1.82) is 0 Å². The van der Waals surface area contributed by atoms with E-state index in [1.54, 1.807) is 0 Å². The van der Waals surface area contributed by atoms with E-state index in [2.05, 4.69) is 18.4 Å². The highest BCUT2D eigenvalue weighted by atomic mass is 35.5. The Bertz CT molecular complexity index is 495. The van der Waals surface area contributed by atoms with E-state index >= 15 is 0 Å². The fraction of sp³-hybridized carbons (Fsp3) is 0.500. The van der Waals surface area contributed by atoms with Crippen LogP contribution in [0.5, 0.6) is 0 Å². The largest absolute Gasteiger partial charge is 0.339 e. The van der Waals surface area contributed by atoms with Gasteiger partial charge in [0.2, 0.25) is 0 Å². The number of nitrogens with zero attached hydrogens (tertiary/aromatic N) is 2. The molecule has 1 aliphatic heterocycles. The van der Waals surface area contributed by atoms with Crippen molar-refractivity contribution < 1.29 is 4.79 Å². The topological polar surface area (TPSA) is 23.6 Å². The van der Waals surface area contributed by atoms with Crippen molar-refractivity contribution in [2.24, 2.45) is 0 Å². The first-order valence-electron chi connectivity index (χ1n) is 8.03. The predicted molar refractivity (Wildman–Crippen MR) is 92.2 cm³/mol. The molecule has 1 fully saturated rings. The molecule has 1 aromatic rings. The third kappa shape index (κ3) is 4.59. The highest BCUT2D eigenvalue weighted by molar-refractivity contribution is 6.29. The van der Waals surface area contributed by atoms with Crippen molar-refractivity contribution in [2.75, 3.05) is 26.2 Å². The van der Waals surface area contributed by atoms with E-state index in [1.165, 1.54) is 0 Å². The maximum atomic E-state index is 12.5. The highest BCUT2D eigenvalue weighted by Gasteiger charge is 2.27. The van der Waals surface area contributed by atoms with Crippen LogP contribution in [-0.2, 0) is 0 Å². The van der Waals surface area contributed by atoms with E-state index in [1.807, 2.05) is 35.2 Å². The number of hydrogen-bond acceptors (Lipinski definition) is 2. The van der Waals surface area contributed by atoms with Gasteiger partial charge in [0.05, 0.1) is 0 Å². The first-order valence-corrected chi connectivity index (χ1v) is 8.41. The maximum Gasteiger partial charge on any atom is 0.253 e. The molecule has 0 atom stereocenters. The van der Waals surface area contributed by atoms with Gasteiger partial charge in [0.1, 0.15) is 0 Å². The average molecular weight is 321 g/mol. The second-order valence-corrected chi connectivity index (χ2v) is 6.41. The number of carbonyl (C=O) groups excluding carboxylic acids is 1. The first-order chi connectivity index (χ1) is 10.6. The Balaban J connectivity index is 1.91.